The second-order valence-electron chi connectivity index (χ2n) is 4.51. The number of unbranched alkanes of at least 4 members (excludes halogenated alkanes) is 2. The highest BCUT2D eigenvalue weighted by molar-refractivity contribution is 5.69. The molecule has 0 bridgehead atoms. The van der Waals surface area contributed by atoms with Crippen molar-refractivity contribution in [1.29, 1.82) is 0 Å². The molecule has 0 aliphatic carbocycles. The van der Waals surface area contributed by atoms with Gasteiger partial charge in [0, 0.05) is 6.42 Å². The van der Waals surface area contributed by atoms with Gasteiger partial charge in [-0.15, -0.1) is 0 Å². The second kappa shape index (κ2) is 8.56. The molecule has 0 aliphatic rings. The zero-order valence-electron chi connectivity index (χ0n) is 11.2. The van der Waals surface area contributed by atoms with Crippen LogP contribution in [-0.2, 0) is 9.53 Å². The van der Waals surface area contributed by atoms with Gasteiger partial charge < -0.3 is 9.47 Å². The largest absolute Gasteiger partial charge is 0.494 e. The van der Waals surface area contributed by atoms with E-state index in [1.165, 1.54) is 0 Å². The molecule has 18 heavy (non-hydrogen) atoms. The number of rotatable bonds is 8. The number of hydrogen-bond donors (Lipinski definition) is 0. The fourth-order valence-corrected chi connectivity index (χ4v) is 1.58. The van der Waals surface area contributed by atoms with Crippen LogP contribution in [0.25, 0.3) is 0 Å². The van der Waals surface area contributed by atoms with Crippen molar-refractivity contribution in [3.05, 3.63) is 30.3 Å². The van der Waals surface area contributed by atoms with Crippen molar-refractivity contribution in [2.75, 3.05) is 6.61 Å². The van der Waals surface area contributed by atoms with E-state index in [0.717, 1.165) is 25.0 Å². The molecule has 0 saturated carbocycles. The van der Waals surface area contributed by atoms with E-state index < -0.39 is 0 Å². The molecule has 0 aromatic heterocycles. The normalized spacial score (nSPS) is 10.4. The molecular weight excluding hydrogens is 228 g/mol. The summed E-state index contributed by atoms with van der Waals surface area (Å²) in [4.78, 5) is 11.3. The lowest BCUT2D eigenvalue weighted by Crippen LogP contribution is -2.10. The minimum atomic E-state index is -0.103. The Morgan fingerprint density at radius 2 is 1.83 bits per heavy atom. The zero-order valence-corrected chi connectivity index (χ0v) is 11.2. The summed E-state index contributed by atoms with van der Waals surface area (Å²) >= 11 is 0. The van der Waals surface area contributed by atoms with Crippen molar-refractivity contribution in [3.63, 3.8) is 0 Å². The van der Waals surface area contributed by atoms with Crippen LogP contribution >= 0.6 is 0 Å². The van der Waals surface area contributed by atoms with Gasteiger partial charge in [0.05, 0.1) is 12.7 Å². The third kappa shape index (κ3) is 6.94. The maximum Gasteiger partial charge on any atom is 0.306 e. The molecule has 0 unspecified atom stereocenters. The Balaban J connectivity index is 1.98. The van der Waals surface area contributed by atoms with Crippen LogP contribution in [-0.4, -0.2) is 18.7 Å². The SMILES string of the molecule is CC(C)OC(=O)CCCCCOc1ccccc1. The van der Waals surface area contributed by atoms with Gasteiger partial charge in [-0.05, 0) is 45.2 Å². The molecule has 0 fully saturated rings. The van der Waals surface area contributed by atoms with Gasteiger partial charge >= 0.3 is 5.97 Å². The Morgan fingerprint density at radius 3 is 2.50 bits per heavy atom. The summed E-state index contributed by atoms with van der Waals surface area (Å²) in [7, 11) is 0. The maximum atomic E-state index is 11.3. The molecular formula is C15H22O3. The quantitative estimate of drug-likeness (QED) is 0.522. The molecule has 0 spiro atoms. The fourth-order valence-electron chi connectivity index (χ4n) is 1.58. The van der Waals surface area contributed by atoms with E-state index >= 15 is 0 Å². The summed E-state index contributed by atoms with van der Waals surface area (Å²) in [6.45, 7) is 4.43. The second-order valence-corrected chi connectivity index (χ2v) is 4.51. The summed E-state index contributed by atoms with van der Waals surface area (Å²) in [5.41, 5.74) is 0. The fraction of sp³-hybridized carbons (Fsp3) is 0.533. The van der Waals surface area contributed by atoms with E-state index in [1.807, 2.05) is 44.2 Å². The molecule has 0 heterocycles. The number of hydrogen-bond acceptors (Lipinski definition) is 3. The first-order valence-corrected chi connectivity index (χ1v) is 6.56. The number of para-hydroxylation sites is 1. The van der Waals surface area contributed by atoms with Crippen LogP contribution in [0.4, 0.5) is 0 Å². The molecule has 0 aliphatic heterocycles. The van der Waals surface area contributed by atoms with Crippen LogP contribution in [0.2, 0.25) is 0 Å². The first-order chi connectivity index (χ1) is 8.68. The van der Waals surface area contributed by atoms with Gasteiger partial charge in [-0.3, -0.25) is 4.79 Å². The van der Waals surface area contributed by atoms with Gasteiger partial charge in [0.2, 0.25) is 0 Å². The summed E-state index contributed by atoms with van der Waals surface area (Å²) in [6.07, 6.45) is 3.30. The Hall–Kier alpha value is -1.51. The first-order valence-electron chi connectivity index (χ1n) is 6.56. The molecule has 3 heteroatoms. The van der Waals surface area contributed by atoms with Crippen LogP contribution in [0.15, 0.2) is 30.3 Å². The molecule has 1 rings (SSSR count). The van der Waals surface area contributed by atoms with Gasteiger partial charge in [0.25, 0.3) is 0 Å². The summed E-state index contributed by atoms with van der Waals surface area (Å²) in [5.74, 6) is 0.797. The van der Waals surface area contributed by atoms with Crippen LogP contribution in [0.1, 0.15) is 39.5 Å². The predicted octanol–water partition coefficient (Wildman–Crippen LogP) is 3.58. The third-order valence-corrected chi connectivity index (χ3v) is 2.40. The van der Waals surface area contributed by atoms with E-state index in [1.54, 1.807) is 0 Å². The van der Waals surface area contributed by atoms with Gasteiger partial charge in [0.1, 0.15) is 5.75 Å². The number of esters is 1. The van der Waals surface area contributed by atoms with Crippen LogP contribution in [0.3, 0.4) is 0 Å². The lowest BCUT2D eigenvalue weighted by atomic mass is 10.2. The van der Waals surface area contributed by atoms with Gasteiger partial charge in [-0.2, -0.15) is 0 Å². The molecule has 1 aromatic carbocycles. The monoisotopic (exact) mass is 250 g/mol. The molecule has 100 valence electrons. The lowest BCUT2D eigenvalue weighted by molar-refractivity contribution is -0.147. The highest BCUT2D eigenvalue weighted by Gasteiger charge is 2.04. The Bertz CT molecular complexity index is 333. The highest BCUT2D eigenvalue weighted by atomic mass is 16.5. The average Bonchev–Trinajstić information content (AvgIpc) is 2.34. The van der Waals surface area contributed by atoms with Gasteiger partial charge in [0.15, 0.2) is 0 Å². The smallest absolute Gasteiger partial charge is 0.306 e. The first kappa shape index (κ1) is 14.6. The molecule has 0 atom stereocenters. The van der Waals surface area contributed by atoms with Crippen molar-refractivity contribution < 1.29 is 14.3 Å². The van der Waals surface area contributed by atoms with E-state index in [-0.39, 0.29) is 12.1 Å². The molecule has 1 aromatic rings. The predicted molar refractivity (Wildman–Crippen MR) is 71.6 cm³/mol. The van der Waals surface area contributed by atoms with Crippen molar-refractivity contribution in [3.8, 4) is 5.75 Å². The summed E-state index contributed by atoms with van der Waals surface area (Å²) in [5, 5.41) is 0. The highest BCUT2D eigenvalue weighted by Crippen LogP contribution is 2.10. The molecule has 0 saturated heterocycles. The molecule has 3 nitrogen and oxygen atoms in total. The van der Waals surface area contributed by atoms with E-state index in [2.05, 4.69) is 0 Å². The van der Waals surface area contributed by atoms with Crippen molar-refractivity contribution in [1.82, 2.24) is 0 Å². The number of ether oxygens (including phenoxy) is 2. The minimum absolute atomic E-state index is 0.0149. The average molecular weight is 250 g/mol. The van der Waals surface area contributed by atoms with Crippen molar-refractivity contribution in [2.24, 2.45) is 0 Å². The minimum Gasteiger partial charge on any atom is -0.494 e. The summed E-state index contributed by atoms with van der Waals surface area (Å²) in [6, 6.07) is 9.77. The topological polar surface area (TPSA) is 35.5 Å². The van der Waals surface area contributed by atoms with Crippen LogP contribution < -0.4 is 4.74 Å². The van der Waals surface area contributed by atoms with Crippen LogP contribution in [0, 0.1) is 0 Å². The van der Waals surface area contributed by atoms with Crippen LogP contribution in [0.5, 0.6) is 5.75 Å². The number of benzene rings is 1. The molecule has 0 radical (unpaired) electrons. The molecule has 0 amide bonds. The van der Waals surface area contributed by atoms with E-state index in [4.69, 9.17) is 9.47 Å². The Labute approximate surface area is 109 Å². The standard InChI is InChI=1S/C15H22O3/c1-13(2)18-15(16)11-7-4-8-12-17-14-9-5-3-6-10-14/h3,5-6,9-10,13H,4,7-8,11-12H2,1-2H3. The van der Waals surface area contributed by atoms with Gasteiger partial charge in [-0.1, -0.05) is 18.2 Å². The zero-order chi connectivity index (χ0) is 13.2. The number of carbonyl (C=O) groups is 1. The maximum absolute atomic E-state index is 11.3. The Kier molecular flexibility index (Phi) is 6.92. The number of carbonyl (C=O) groups excluding carboxylic acids is 1. The van der Waals surface area contributed by atoms with E-state index in [0.29, 0.717) is 13.0 Å². The third-order valence-electron chi connectivity index (χ3n) is 2.40. The lowest BCUT2D eigenvalue weighted by Gasteiger charge is -2.08. The van der Waals surface area contributed by atoms with Crippen molar-refractivity contribution >= 4 is 5.97 Å². The molecule has 0 N–H and O–H groups in total. The Morgan fingerprint density at radius 1 is 1.11 bits per heavy atom. The van der Waals surface area contributed by atoms with Gasteiger partial charge in [-0.25, -0.2) is 0 Å². The summed E-state index contributed by atoms with van der Waals surface area (Å²) < 4.78 is 10.6. The van der Waals surface area contributed by atoms with E-state index in [9.17, 15) is 4.79 Å². The van der Waals surface area contributed by atoms with Crippen molar-refractivity contribution in [2.45, 2.75) is 45.6 Å².